The van der Waals surface area contributed by atoms with Crippen molar-refractivity contribution in [1.29, 1.82) is 0 Å². The molecule has 0 heterocycles. The number of carboxylic acid groups (broad SMARTS) is 1. The Balaban J connectivity index is 2.12. The van der Waals surface area contributed by atoms with Gasteiger partial charge in [-0.2, -0.15) is 0 Å². The number of carbonyl (C=O) groups is 1. The molecule has 98 valence electrons. The van der Waals surface area contributed by atoms with E-state index < -0.39 is 5.97 Å². The summed E-state index contributed by atoms with van der Waals surface area (Å²) in [5.41, 5.74) is 2.09. The lowest BCUT2D eigenvalue weighted by atomic mass is 10.1. The molecule has 0 saturated carbocycles. The first-order valence-electron chi connectivity index (χ1n) is 5.78. The maximum Gasteiger partial charge on any atom is 0.335 e. The Morgan fingerprint density at radius 3 is 2.63 bits per heavy atom. The van der Waals surface area contributed by atoms with Crippen LogP contribution in [0, 0.1) is 6.92 Å². The Bertz CT molecular complexity index is 608. The molecule has 4 heteroatoms. The van der Waals surface area contributed by atoms with E-state index in [4.69, 9.17) is 21.4 Å². The van der Waals surface area contributed by atoms with Gasteiger partial charge in [-0.15, -0.1) is 0 Å². The zero-order valence-electron chi connectivity index (χ0n) is 10.4. The first-order valence-corrected chi connectivity index (χ1v) is 6.16. The Hall–Kier alpha value is -2.00. The van der Waals surface area contributed by atoms with Crippen molar-refractivity contribution in [1.82, 2.24) is 0 Å². The number of aromatic carboxylic acids is 1. The molecule has 0 fully saturated rings. The highest BCUT2D eigenvalue weighted by molar-refractivity contribution is 6.32. The average molecular weight is 277 g/mol. The Morgan fingerprint density at radius 2 is 2.00 bits per heavy atom. The fourth-order valence-electron chi connectivity index (χ4n) is 1.71. The zero-order valence-corrected chi connectivity index (χ0v) is 11.1. The fourth-order valence-corrected chi connectivity index (χ4v) is 1.90. The van der Waals surface area contributed by atoms with Crippen LogP contribution >= 0.6 is 11.6 Å². The topological polar surface area (TPSA) is 46.5 Å². The number of halogens is 1. The van der Waals surface area contributed by atoms with Crippen molar-refractivity contribution < 1.29 is 14.6 Å². The minimum absolute atomic E-state index is 0.277. The van der Waals surface area contributed by atoms with E-state index >= 15 is 0 Å². The maximum atomic E-state index is 10.8. The predicted molar refractivity (Wildman–Crippen MR) is 73.9 cm³/mol. The molecule has 0 aliphatic rings. The smallest absolute Gasteiger partial charge is 0.335 e. The molecule has 0 saturated heterocycles. The van der Waals surface area contributed by atoms with Crippen LogP contribution in [0.25, 0.3) is 0 Å². The second-order valence-electron chi connectivity index (χ2n) is 4.17. The molecule has 0 unspecified atom stereocenters. The van der Waals surface area contributed by atoms with Gasteiger partial charge in [0.2, 0.25) is 0 Å². The van der Waals surface area contributed by atoms with E-state index in [0.717, 1.165) is 11.1 Å². The van der Waals surface area contributed by atoms with Gasteiger partial charge in [0.15, 0.2) is 0 Å². The Morgan fingerprint density at radius 1 is 1.26 bits per heavy atom. The molecule has 2 rings (SSSR count). The third-order valence-electron chi connectivity index (χ3n) is 2.81. The summed E-state index contributed by atoms with van der Waals surface area (Å²) >= 11 is 5.99. The molecule has 3 nitrogen and oxygen atoms in total. The van der Waals surface area contributed by atoms with Gasteiger partial charge in [0, 0.05) is 0 Å². The summed E-state index contributed by atoms with van der Waals surface area (Å²) in [6.45, 7) is 2.22. The third-order valence-corrected chi connectivity index (χ3v) is 3.12. The van der Waals surface area contributed by atoms with E-state index in [0.29, 0.717) is 17.4 Å². The molecular formula is C15H13ClO3. The van der Waals surface area contributed by atoms with Crippen LogP contribution in [0.2, 0.25) is 5.02 Å². The van der Waals surface area contributed by atoms with Crippen molar-refractivity contribution in [2.45, 2.75) is 13.5 Å². The first-order chi connectivity index (χ1) is 9.08. The van der Waals surface area contributed by atoms with Gasteiger partial charge in [-0.1, -0.05) is 29.8 Å². The number of aryl methyl sites for hydroxylation is 1. The van der Waals surface area contributed by atoms with Crippen LogP contribution in [0.5, 0.6) is 5.75 Å². The first kappa shape index (κ1) is 13.4. The summed E-state index contributed by atoms with van der Waals surface area (Å²) in [6.07, 6.45) is 0. The number of hydrogen-bond donors (Lipinski definition) is 1. The standard InChI is InChI=1S/C15H13ClO3/c1-10-8-11(15(17)18)6-7-12(10)9-19-14-5-3-2-4-13(14)16/h2-8H,9H2,1H3,(H,17,18). The SMILES string of the molecule is Cc1cc(C(=O)O)ccc1COc1ccccc1Cl. The van der Waals surface area contributed by atoms with Gasteiger partial charge in [0.05, 0.1) is 10.6 Å². The highest BCUT2D eigenvalue weighted by atomic mass is 35.5. The molecule has 0 aromatic heterocycles. The number of para-hydroxylation sites is 1. The average Bonchev–Trinajstić information content (AvgIpc) is 2.39. The van der Waals surface area contributed by atoms with E-state index in [2.05, 4.69) is 0 Å². The number of rotatable bonds is 4. The third kappa shape index (κ3) is 3.26. The molecule has 2 aromatic carbocycles. The van der Waals surface area contributed by atoms with E-state index in [-0.39, 0.29) is 5.56 Å². The van der Waals surface area contributed by atoms with E-state index in [1.165, 1.54) is 0 Å². The van der Waals surface area contributed by atoms with Gasteiger partial charge in [-0.05, 0) is 42.3 Å². The van der Waals surface area contributed by atoms with Gasteiger partial charge < -0.3 is 9.84 Å². The van der Waals surface area contributed by atoms with Gasteiger partial charge >= 0.3 is 5.97 Å². The second-order valence-corrected chi connectivity index (χ2v) is 4.57. The van der Waals surface area contributed by atoms with Crippen LogP contribution in [0.15, 0.2) is 42.5 Å². The number of ether oxygens (including phenoxy) is 1. The zero-order chi connectivity index (χ0) is 13.8. The van der Waals surface area contributed by atoms with Crippen LogP contribution in [-0.4, -0.2) is 11.1 Å². The minimum Gasteiger partial charge on any atom is -0.487 e. The largest absolute Gasteiger partial charge is 0.487 e. The normalized spacial score (nSPS) is 10.2. The van der Waals surface area contributed by atoms with Crippen LogP contribution in [0.3, 0.4) is 0 Å². The molecular weight excluding hydrogens is 264 g/mol. The fraction of sp³-hybridized carbons (Fsp3) is 0.133. The number of carboxylic acids is 1. The molecule has 0 aliphatic carbocycles. The Labute approximate surface area is 116 Å². The van der Waals surface area contributed by atoms with Crippen LogP contribution in [0.4, 0.5) is 0 Å². The van der Waals surface area contributed by atoms with Crippen molar-refractivity contribution in [2.75, 3.05) is 0 Å². The molecule has 0 bridgehead atoms. The summed E-state index contributed by atoms with van der Waals surface area (Å²) in [5, 5.41) is 9.45. The number of hydrogen-bond acceptors (Lipinski definition) is 2. The molecule has 0 aliphatic heterocycles. The molecule has 0 atom stereocenters. The predicted octanol–water partition coefficient (Wildman–Crippen LogP) is 3.93. The van der Waals surface area contributed by atoms with Crippen molar-refractivity contribution >= 4 is 17.6 Å². The van der Waals surface area contributed by atoms with Crippen molar-refractivity contribution in [2.24, 2.45) is 0 Å². The van der Waals surface area contributed by atoms with Gasteiger partial charge in [-0.25, -0.2) is 4.79 Å². The summed E-state index contributed by atoms with van der Waals surface area (Å²) in [5.74, 6) is -0.312. The van der Waals surface area contributed by atoms with E-state index in [1.807, 2.05) is 19.1 Å². The monoisotopic (exact) mass is 276 g/mol. The summed E-state index contributed by atoms with van der Waals surface area (Å²) in [6, 6.07) is 12.2. The molecule has 0 amide bonds. The quantitative estimate of drug-likeness (QED) is 0.920. The van der Waals surface area contributed by atoms with E-state index in [9.17, 15) is 4.79 Å². The highest BCUT2D eigenvalue weighted by Gasteiger charge is 2.07. The Kier molecular flexibility index (Phi) is 4.07. The molecule has 1 N–H and O–H groups in total. The van der Waals surface area contributed by atoms with Gasteiger partial charge in [0.25, 0.3) is 0 Å². The van der Waals surface area contributed by atoms with Crippen LogP contribution < -0.4 is 4.74 Å². The van der Waals surface area contributed by atoms with Crippen molar-refractivity contribution in [3.63, 3.8) is 0 Å². The lowest BCUT2D eigenvalue weighted by Gasteiger charge is -2.10. The lowest BCUT2D eigenvalue weighted by Crippen LogP contribution is -2.02. The lowest BCUT2D eigenvalue weighted by molar-refractivity contribution is 0.0696. The summed E-state index contributed by atoms with van der Waals surface area (Å²) < 4.78 is 5.62. The maximum absolute atomic E-state index is 10.8. The number of benzene rings is 2. The van der Waals surface area contributed by atoms with Gasteiger partial charge in [0.1, 0.15) is 12.4 Å². The van der Waals surface area contributed by atoms with Crippen LogP contribution in [-0.2, 0) is 6.61 Å². The molecule has 2 aromatic rings. The van der Waals surface area contributed by atoms with Crippen molar-refractivity contribution in [3.05, 3.63) is 64.2 Å². The molecule has 0 spiro atoms. The van der Waals surface area contributed by atoms with Gasteiger partial charge in [-0.3, -0.25) is 0 Å². The highest BCUT2D eigenvalue weighted by Crippen LogP contribution is 2.24. The van der Waals surface area contributed by atoms with Crippen molar-refractivity contribution in [3.8, 4) is 5.75 Å². The summed E-state index contributed by atoms with van der Waals surface area (Å²) in [7, 11) is 0. The second kappa shape index (κ2) is 5.76. The minimum atomic E-state index is -0.929. The summed E-state index contributed by atoms with van der Waals surface area (Å²) in [4.78, 5) is 10.8. The molecule has 19 heavy (non-hydrogen) atoms. The van der Waals surface area contributed by atoms with E-state index in [1.54, 1.807) is 30.3 Å². The van der Waals surface area contributed by atoms with Crippen LogP contribution in [0.1, 0.15) is 21.5 Å². The molecule has 0 radical (unpaired) electrons.